The van der Waals surface area contributed by atoms with Gasteiger partial charge in [0.1, 0.15) is 5.75 Å². The highest BCUT2D eigenvalue weighted by molar-refractivity contribution is 6.00. The van der Waals surface area contributed by atoms with Gasteiger partial charge in [-0.15, -0.1) is 0 Å². The third-order valence-corrected chi connectivity index (χ3v) is 3.83. The summed E-state index contributed by atoms with van der Waals surface area (Å²) < 4.78 is 5.15. The molecule has 0 saturated carbocycles. The molecule has 128 valence electrons. The maximum atomic E-state index is 11.8. The second-order valence-electron chi connectivity index (χ2n) is 5.69. The van der Waals surface area contributed by atoms with Gasteiger partial charge in [-0.3, -0.25) is 4.79 Å². The molecule has 0 aliphatic carbocycles. The van der Waals surface area contributed by atoms with Gasteiger partial charge in [-0.05, 0) is 42.7 Å². The Morgan fingerprint density at radius 2 is 1.70 bits per heavy atom. The fourth-order valence-electron chi connectivity index (χ4n) is 2.38. The van der Waals surface area contributed by atoms with Crippen molar-refractivity contribution >= 4 is 11.6 Å². The summed E-state index contributed by atoms with van der Waals surface area (Å²) in [5, 5.41) is 4.27. The smallest absolute Gasteiger partial charge is 0.240 e. The fraction of sp³-hybridized carbons (Fsp3) is 0.579. The monoisotopic (exact) mass is 318 g/mol. The van der Waals surface area contributed by atoms with Crippen molar-refractivity contribution in [2.45, 2.75) is 65.2 Å². The molecule has 4 heteroatoms. The van der Waals surface area contributed by atoms with E-state index in [9.17, 15) is 4.79 Å². The summed E-state index contributed by atoms with van der Waals surface area (Å²) in [5.41, 5.74) is 4.57. The molecule has 1 amide bonds. The van der Waals surface area contributed by atoms with Crippen molar-refractivity contribution in [3.63, 3.8) is 0 Å². The summed E-state index contributed by atoms with van der Waals surface area (Å²) in [6.07, 6.45) is 8.41. The summed E-state index contributed by atoms with van der Waals surface area (Å²) in [7, 11) is 1.65. The number of hydrazone groups is 1. The predicted molar refractivity (Wildman–Crippen MR) is 96.0 cm³/mol. The SMILES string of the molecule is CCCCCCCCC(=O)NN=C(CC)c1ccc(OC)cc1. The molecule has 0 unspecified atom stereocenters. The maximum absolute atomic E-state index is 11.8. The minimum atomic E-state index is -0.0000433. The molecule has 1 N–H and O–H groups in total. The van der Waals surface area contributed by atoms with Crippen LogP contribution in [0.25, 0.3) is 0 Å². The average molecular weight is 318 g/mol. The number of hydrogen-bond donors (Lipinski definition) is 1. The van der Waals surface area contributed by atoms with E-state index in [1.165, 1.54) is 25.7 Å². The van der Waals surface area contributed by atoms with Crippen molar-refractivity contribution < 1.29 is 9.53 Å². The lowest BCUT2D eigenvalue weighted by atomic mass is 10.1. The molecule has 0 spiro atoms. The zero-order valence-electron chi connectivity index (χ0n) is 14.7. The standard InChI is InChI=1S/C19H30N2O2/c1-4-6-7-8-9-10-11-19(22)21-20-18(5-2)16-12-14-17(23-3)15-13-16/h12-15H,4-11H2,1-3H3,(H,21,22). The van der Waals surface area contributed by atoms with Crippen LogP contribution in [-0.2, 0) is 4.79 Å². The molecule has 0 atom stereocenters. The van der Waals surface area contributed by atoms with E-state index >= 15 is 0 Å². The Morgan fingerprint density at radius 3 is 2.30 bits per heavy atom. The maximum Gasteiger partial charge on any atom is 0.240 e. The van der Waals surface area contributed by atoms with Crippen molar-refractivity contribution in [1.29, 1.82) is 0 Å². The van der Waals surface area contributed by atoms with Crippen LogP contribution in [-0.4, -0.2) is 18.7 Å². The number of unbranched alkanes of at least 4 members (excludes halogenated alkanes) is 5. The second-order valence-corrected chi connectivity index (χ2v) is 5.69. The van der Waals surface area contributed by atoms with Gasteiger partial charge < -0.3 is 4.74 Å². The summed E-state index contributed by atoms with van der Waals surface area (Å²) in [4.78, 5) is 11.8. The topological polar surface area (TPSA) is 50.7 Å². The van der Waals surface area contributed by atoms with Gasteiger partial charge in [-0.1, -0.05) is 46.0 Å². The Bertz CT molecular complexity index is 481. The number of carbonyl (C=O) groups excluding carboxylic acids is 1. The van der Waals surface area contributed by atoms with Crippen molar-refractivity contribution in [2.24, 2.45) is 5.10 Å². The number of nitrogens with zero attached hydrogens (tertiary/aromatic N) is 1. The minimum Gasteiger partial charge on any atom is -0.497 e. The normalized spacial score (nSPS) is 11.3. The van der Waals surface area contributed by atoms with Crippen molar-refractivity contribution in [3.05, 3.63) is 29.8 Å². The Kier molecular flexibility index (Phi) is 9.76. The molecule has 1 rings (SSSR count). The average Bonchev–Trinajstić information content (AvgIpc) is 2.59. The molecule has 1 aromatic rings. The van der Waals surface area contributed by atoms with Crippen LogP contribution in [0.2, 0.25) is 0 Å². The zero-order valence-corrected chi connectivity index (χ0v) is 14.7. The highest BCUT2D eigenvalue weighted by atomic mass is 16.5. The number of carbonyl (C=O) groups is 1. The van der Waals surface area contributed by atoms with Gasteiger partial charge >= 0.3 is 0 Å². The van der Waals surface area contributed by atoms with Crippen LogP contribution in [0.3, 0.4) is 0 Å². The van der Waals surface area contributed by atoms with Gasteiger partial charge in [0.15, 0.2) is 0 Å². The number of hydrogen-bond acceptors (Lipinski definition) is 3. The number of methoxy groups -OCH3 is 1. The van der Waals surface area contributed by atoms with Gasteiger partial charge in [-0.25, -0.2) is 5.43 Å². The van der Waals surface area contributed by atoms with Crippen LogP contribution in [0, 0.1) is 0 Å². The summed E-state index contributed by atoms with van der Waals surface area (Å²) in [5.74, 6) is 0.816. The number of nitrogens with one attached hydrogen (secondary N) is 1. The van der Waals surface area contributed by atoms with Crippen LogP contribution >= 0.6 is 0 Å². The molecule has 23 heavy (non-hydrogen) atoms. The number of benzene rings is 1. The number of ether oxygens (including phenoxy) is 1. The Balaban J connectivity index is 2.38. The molecule has 0 aliphatic rings. The summed E-state index contributed by atoms with van der Waals surface area (Å²) in [6, 6.07) is 7.72. The Morgan fingerprint density at radius 1 is 1.04 bits per heavy atom. The summed E-state index contributed by atoms with van der Waals surface area (Å²) in [6.45, 7) is 4.24. The van der Waals surface area contributed by atoms with E-state index in [0.29, 0.717) is 6.42 Å². The zero-order chi connectivity index (χ0) is 16.9. The first-order chi connectivity index (χ1) is 11.2. The molecule has 0 aromatic heterocycles. The molecular weight excluding hydrogens is 288 g/mol. The lowest BCUT2D eigenvalue weighted by molar-refractivity contribution is -0.121. The molecule has 4 nitrogen and oxygen atoms in total. The first-order valence-electron chi connectivity index (χ1n) is 8.71. The van der Waals surface area contributed by atoms with E-state index in [4.69, 9.17) is 4.74 Å². The fourth-order valence-corrected chi connectivity index (χ4v) is 2.38. The quantitative estimate of drug-likeness (QED) is 0.366. The van der Waals surface area contributed by atoms with E-state index in [-0.39, 0.29) is 5.91 Å². The van der Waals surface area contributed by atoms with E-state index in [0.717, 1.165) is 36.3 Å². The first-order valence-corrected chi connectivity index (χ1v) is 8.71. The van der Waals surface area contributed by atoms with Gasteiger partial charge in [0, 0.05) is 6.42 Å². The highest BCUT2D eigenvalue weighted by Gasteiger charge is 2.04. The summed E-state index contributed by atoms with van der Waals surface area (Å²) >= 11 is 0. The molecule has 0 aliphatic heterocycles. The third kappa shape index (κ3) is 7.82. The van der Waals surface area contributed by atoms with Crippen LogP contribution in [0.1, 0.15) is 70.8 Å². The van der Waals surface area contributed by atoms with Gasteiger partial charge in [0.05, 0.1) is 12.8 Å². The van der Waals surface area contributed by atoms with E-state index < -0.39 is 0 Å². The molecule has 0 heterocycles. The van der Waals surface area contributed by atoms with E-state index in [2.05, 4.69) is 17.5 Å². The molecule has 0 saturated heterocycles. The van der Waals surface area contributed by atoms with Crippen LogP contribution in [0.15, 0.2) is 29.4 Å². The van der Waals surface area contributed by atoms with Crippen molar-refractivity contribution in [1.82, 2.24) is 5.43 Å². The van der Waals surface area contributed by atoms with Crippen molar-refractivity contribution in [3.8, 4) is 5.75 Å². The minimum absolute atomic E-state index is 0.0000433. The van der Waals surface area contributed by atoms with Crippen LogP contribution in [0.5, 0.6) is 5.75 Å². The Hall–Kier alpha value is -1.84. The van der Waals surface area contributed by atoms with Gasteiger partial charge in [-0.2, -0.15) is 5.10 Å². The highest BCUT2D eigenvalue weighted by Crippen LogP contribution is 2.13. The van der Waals surface area contributed by atoms with Crippen LogP contribution < -0.4 is 10.2 Å². The van der Waals surface area contributed by atoms with Gasteiger partial charge in [0.25, 0.3) is 0 Å². The first kappa shape index (κ1) is 19.2. The molecular formula is C19H30N2O2. The van der Waals surface area contributed by atoms with Crippen LogP contribution in [0.4, 0.5) is 0 Å². The van der Waals surface area contributed by atoms with E-state index in [1.54, 1.807) is 7.11 Å². The molecule has 0 radical (unpaired) electrons. The Labute approximate surface area is 140 Å². The lowest BCUT2D eigenvalue weighted by Gasteiger charge is -2.06. The number of rotatable bonds is 11. The predicted octanol–water partition coefficient (Wildman–Crippen LogP) is 4.68. The second kappa shape index (κ2) is 11.7. The van der Waals surface area contributed by atoms with E-state index in [1.807, 2.05) is 31.2 Å². The molecule has 1 aromatic carbocycles. The lowest BCUT2D eigenvalue weighted by Crippen LogP contribution is -2.19. The number of amides is 1. The molecule has 0 bridgehead atoms. The van der Waals surface area contributed by atoms with Crippen molar-refractivity contribution in [2.75, 3.05) is 7.11 Å². The third-order valence-electron chi connectivity index (χ3n) is 3.83. The largest absolute Gasteiger partial charge is 0.497 e. The van der Waals surface area contributed by atoms with Gasteiger partial charge in [0.2, 0.25) is 5.91 Å². The molecule has 0 fully saturated rings.